The number of benzene rings is 1. The van der Waals surface area contributed by atoms with Gasteiger partial charge in [0.2, 0.25) is 5.95 Å². The summed E-state index contributed by atoms with van der Waals surface area (Å²) in [5.74, 6) is -0.444. The average molecular weight is 351 g/mol. The Balaban J connectivity index is 2.02. The van der Waals surface area contributed by atoms with Gasteiger partial charge in [0.25, 0.3) is 0 Å². The van der Waals surface area contributed by atoms with Crippen molar-refractivity contribution in [2.45, 2.75) is 25.6 Å². The van der Waals surface area contributed by atoms with Gasteiger partial charge in [0.1, 0.15) is 0 Å². The zero-order valence-electron chi connectivity index (χ0n) is 13.7. The highest BCUT2D eigenvalue weighted by molar-refractivity contribution is 5.89. The summed E-state index contributed by atoms with van der Waals surface area (Å²) in [6.07, 6.45) is -3.67. The van der Waals surface area contributed by atoms with Crippen molar-refractivity contribution in [3.8, 4) is 11.3 Å². The van der Waals surface area contributed by atoms with E-state index in [4.69, 9.17) is 0 Å². The van der Waals surface area contributed by atoms with Gasteiger partial charge in [-0.1, -0.05) is 12.1 Å². The zero-order chi connectivity index (χ0) is 18.2. The second-order valence-corrected chi connectivity index (χ2v) is 5.84. The van der Waals surface area contributed by atoms with E-state index in [0.29, 0.717) is 17.7 Å². The smallest absolute Gasteiger partial charge is 0.433 e. The fourth-order valence-corrected chi connectivity index (χ4v) is 2.56. The minimum atomic E-state index is -4.56. The van der Waals surface area contributed by atoms with Crippen molar-refractivity contribution < 1.29 is 22.7 Å². The number of esters is 1. The number of nitrogens with zero attached hydrogens (tertiary/aromatic N) is 3. The predicted molar refractivity (Wildman–Crippen MR) is 85.2 cm³/mol. The molecule has 132 valence electrons. The normalized spacial score (nSPS) is 17.2. The summed E-state index contributed by atoms with van der Waals surface area (Å²) in [6.45, 7) is 2.54. The Morgan fingerprint density at radius 1 is 1.24 bits per heavy atom. The molecule has 0 N–H and O–H groups in total. The van der Waals surface area contributed by atoms with E-state index in [-0.39, 0.29) is 17.7 Å². The molecule has 3 rings (SSSR count). The number of methoxy groups -OCH3 is 1. The summed E-state index contributed by atoms with van der Waals surface area (Å²) in [5.41, 5.74) is -0.0422. The molecule has 1 aromatic carbocycles. The second kappa shape index (κ2) is 6.34. The van der Waals surface area contributed by atoms with E-state index in [1.807, 2.05) is 6.92 Å². The Morgan fingerprint density at radius 2 is 1.92 bits per heavy atom. The summed E-state index contributed by atoms with van der Waals surface area (Å²) in [5, 5.41) is 0. The highest BCUT2D eigenvalue weighted by Crippen LogP contribution is 2.33. The highest BCUT2D eigenvalue weighted by Gasteiger charge is 2.35. The lowest BCUT2D eigenvalue weighted by molar-refractivity contribution is -0.141. The van der Waals surface area contributed by atoms with Gasteiger partial charge < -0.3 is 9.64 Å². The molecule has 0 unspecified atom stereocenters. The molecule has 8 heteroatoms. The van der Waals surface area contributed by atoms with Crippen LogP contribution in [0.1, 0.15) is 29.4 Å². The summed E-state index contributed by atoms with van der Waals surface area (Å²) in [7, 11) is 1.26. The zero-order valence-corrected chi connectivity index (χ0v) is 13.7. The van der Waals surface area contributed by atoms with Gasteiger partial charge in [-0.25, -0.2) is 14.8 Å². The van der Waals surface area contributed by atoms with Crippen molar-refractivity contribution in [3.63, 3.8) is 0 Å². The predicted octanol–water partition coefficient (Wildman–Crippen LogP) is 3.55. The maximum atomic E-state index is 13.2. The first-order valence-electron chi connectivity index (χ1n) is 7.71. The van der Waals surface area contributed by atoms with E-state index >= 15 is 0 Å². The van der Waals surface area contributed by atoms with E-state index < -0.39 is 17.8 Å². The fraction of sp³-hybridized carbons (Fsp3) is 0.353. The molecular formula is C17H16F3N3O2. The van der Waals surface area contributed by atoms with E-state index in [1.165, 1.54) is 31.4 Å². The maximum absolute atomic E-state index is 13.2. The van der Waals surface area contributed by atoms with E-state index in [2.05, 4.69) is 14.7 Å². The number of anilines is 1. The van der Waals surface area contributed by atoms with Gasteiger partial charge in [-0.2, -0.15) is 13.2 Å². The monoisotopic (exact) mass is 351 g/mol. The Morgan fingerprint density at radius 3 is 2.40 bits per heavy atom. The molecule has 0 saturated carbocycles. The molecule has 0 radical (unpaired) electrons. The van der Waals surface area contributed by atoms with Gasteiger partial charge in [0.05, 0.1) is 18.4 Å². The number of alkyl halides is 3. The Bertz CT molecular complexity index is 791. The number of hydrogen-bond acceptors (Lipinski definition) is 5. The molecule has 0 bridgehead atoms. The van der Waals surface area contributed by atoms with Gasteiger partial charge in [-0.05, 0) is 31.5 Å². The largest absolute Gasteiger partial charge is 0.465 e. The lowest BCUT2D eigenvalue weighted by atomic mass is 10.1. The number of carbonyl (C=O) groups is 1. The van der Waals surface area contributed by atoms with Crippen molar-refractivity contribution in [1.29, 1.82) is 0 Å². The van der Waals surface area contributed by atoms with Crippen molar-refractivity contribution in [1.82, 2.24) is 9.97 Å². The summed E-state index contributed by atoms with van der Waals surface area (Å²) >= 11 is 0. The molecular weight excluding hydrogens is 335 g/mol. The minimum absolute atomic E-state index is 0.0700. The van der Waals surface area contributed by atoms with Crippen LogP contribution in [0.15, 0.2) is 30.3 Å². The maximum Gasteiger partial charge on any atom is 0.433 e. The van der Waals surface area contributed by atoms with Crippen LogP contribution in [0.4, 0.5) is 19.1 Å². The van der Waals surface area contributed by atoms with Crippen molar-refractivity contribution in [2.24, 2.45) is 0 Å². The molecule has 1 aliphatic heterocycles. The molecule has 1 atom stereocenters. The quantitative estimate of drug-likeness (QED) is 0.792. The van der Waals surface area contributed by atoms with Crippen LogP contribution in [0, 0.1) is 0 Å². The number of rotatable bonds is 3. The van der Waals surface area contributed by atoms with Crippen LogP contribution >= 0.6 is 0 Å². The number of aromatic nitrogens is 2. The molecule has 0 amide bonds. The first-order valence-corrected chi connectivity index (χ1v) is 7.71. The van der Waals surface area contributed by atoms with Crippen LogP contribution in [-0.4, -0.2) is 35.6 Å². The summed E-state index contributed by atoms with van der Waals surface area (Å²) in [6, 6.07) is 7.08. The van der Waals surface area contributed by atoms with E-state index in [1.54, 1.807) is 4.90 Å². The van der Waals surface area contributed by atoms with E-state index in [9.17, 15) is 18.0 Å². The van der Waals surface area contributed by atoms with Crippen LogP contribution in [0.25, 0.3) is 11.3 Å². The fourth-order valence-electron chi connectivity index (χ4n) is 2.56. The lowest BCUT2D eigenvalue weighted by Crippen LogP contribution is -2.46. The van der Waals surface area contributed by atoms with Crippen LogP contribution in [0.5, 0.6) is 0 Å². The van der Waals surface area contributed by atoms with Crippen molar-refractivity contribution in [2.75, 3.05) is 18.6 Å². The highest BCUT2D eigenvalue weighted by atomic mass is 19.4. The number of hydrogen-bond donors (Lipinski definition) is 0. The molecule has 0 aliphatic carbocycles. The Hall–Kier alpha value is -2.64. The van der Waals surface area contributed by atoms with Gasteiger partial charge in [0.15, 0.2) is 5.69 Å². The van der Waals surface area contributed by atoms with Crippen LogP contribution in [-0.2, 0) is 10.9 Å². The van der Waals surface area contributed by atoms with Gasteiger partial charge >= 0.3 is 12.1 Å². The van der Waals surface area contributed by atoms with Crippen LogP contribution < -0.4 is 4.90 Å². The Kier molecular flexibility index (Phi) is 4.36. The molecule has 2 heterocycles. The number of carbonyl (C=O) groups excluding carboxylic acids is 1. The minimum Gasteiger partial charge on any atom is -0.465 e. The Labute approximate surface area is 142 Å². The molecule has 1 aliphatic rings. The average Bonchev–Trinajstić information content (AvgIpc) is 2.59. The first kappa shape index (κ1) is 17.2. The van der Waals surface area contributed by atoms with Crippen molar-refractivity contribution >= 4 is 11.9 Å². The molecule has 2 aromatic rings. The van der Waals surface area contributed by atoms with Crippen LogP contribution in [0.2, 0.25) is 0 Å². The number of halogens is 3. The molecule has 1 fully saturated rings. The topological polar surface area (TPSA) is 55.3 Å². The standard InChI is InChI=1S/C17H16F3N3O2/c1-10-7-8-23(10)16-21-13(9-14(22-16)17(18,19)20)11-3-5-12(6-4-11)15(24)25-2/h3-6,9-10H,7-8H2,1-2H3/t10-/m0/s1. The first-order chi connectivity index (χ1) is 11.8. The third kappa shape index (κ3) is 3.42. The SMILES string of the molecule is COC(=O)c1ccc(-c2cc(C(F)(F)F)nc(N3CC[C@@H]3C)n2)cc1. The molecule has 1 saturated heterocycles. The number of ether oxygens (including phenoxy) is 1. The summed E-state index contributed by atoms with van der Waals surface area (Å²) < 4.78 is 44.2. The van der Waals surface area contributed by atoms with Gasteiger partial charge in [-0.15, -0.1) is 0 Å². The second-order valence-electron chi connectivity index (χ2n) is 5.84. The summed E-state index contributed by atoms with van der Waals surface area (Å²) in [4.78, 5) is 21.2. The van der Waals surface area contributed by atoms with E-state index in [0.717, 1.165) is 12.5 Å². The van der Waals surface area contributed by atoms with Gasteiger partial charge in [-0.3, -0.25) is 0 Å². The molecule has 25 heavy (non-hydrogen) atoms. The molecule has 0 spiro atoms. The van der Waals surface area contributed by atoms with Crippen molar-refractivity contribution in [3.05, 3.63) is 41.6 Å². The van der Waals surface area contributed by atoms with Crippen LogP contribution in [0.3, 0.4) is 0 Å². The van der Waals surface area contributed by atoms with Gasteiger partial charge in [0, 0.05) is 18.2 Å². The third-order valence-corrected chi connectivity index (χ3v) is 4.18. The lowest BCUT2D eigenvalue weighted by Gasteiger charge is -2.39. The molecule has 1 aromatic heterocycles. The molecule has 5 nitrogen and oxygen atoms in total. The third-order valence-electron chi connectivity index (χ3n) is 4.18.